The van der Waals surface area contributed by atoms with E-state index in [1.807, 2.05) is 12.3 Å². The van der Waals surface area contributed by atoms with Gasteiger partial charge < -0.3 is 5.73 Å². The molecule has 1 aliphatic rings. The highest BCUT2D eigenvalue weighted by Crippen LogP contribution is 2.38. The summed E-state index contributed by atoms with van der Waals surface area (Å²) in [5, 5.41) is 0.705. The van der Waals surface area contributed by atoms with E-state index in [2.05, 4.69) is 4.98 Å². The third-order valence-corrected chi connectivity index (χ3v) is 3.00. The summed E-state index contributed by atoms with van der Waals surface area (Å²) in [5.74, 6) is 1.33. The molecule has 0 amide bonds. The highest BCUT2D eigenvalue weighted by Gasteiger charge is 2.25. The van der Waals surface area contributed by atoms with Crippen LogP contribution in [0.1, 0.15) is 30.7 Å². The predicted molar refractivity (Wildman–Crippen MR) is 58.4 cm³/mol. The Hall–Kier alpha value is -0.600. The van der Waals surface area contributed by atoms with Gasteiger partial charge in [-0.15, -0.1) is 0 Å². The van der Waals surface area contributed by atoms with Gasteiger partial charge in [-0.2, -0.15) is 0 Å². The van der Waals surface area contributed by atoms with Crippen molar-refractivity contribution < 1.29 is 0 Å². The number of hydrogen-bond donors (Lipinski definition) is 1. The molecule has 76 valence electrons. The second-order valence-corrected chi connectivity index (χ2v) is 4.48. The molecule has 2 N–H and O–H groups in total. The smallest absolute Gasteiger partial charge is 0.0592 e. The SMILES string of the molecule is NCC(CC1CC1)c1cncc(Cl)c1. The average molecular weight is 211 g/mol. The van der Waals surface area contributed by atoms with E-state index in [0.717, 1.165) is 5.92 Å². The van der Waals surface area contributed by atoms with Gasteiger partial charge in [-0.05, 0) is 36.4 Å². The van der Waals surface area contributed by atoms with Crippen molar-refractivity contribution in [1.29, 1.82) is 0 Å². The Balaban J connectivity index is 2.08. The lowest BCUT2D eigenvalue weighted by Crippen LogP contribution is -2.13. The van der Waals surface area contributed by atoms with Crippen molar-refractivity contribution in [2.45, 2.75) is 25.2 Å². The second kappa shape index (κ2) is 4.28. The Bertz CT molecular complexity index is 310. The van der Waals surface area contributed by atoms with Gasteiger partial charge in [0.05, 0.1) is 5.02 Å². The molecular formula is C11H15ClN2. The summed E-state index contributed by atoms with van der Waals surface area (Å²) >= 11 is 5.89. The van der Waals surface area contributed by atoms with Gasteiger partial charge in [0.25, 0.3) is 0 Å². The number of nitrogens with two attached hydrogens (primary N) is 1. The Morgan fingerprint density at radius 3 is 2.86 bits per heavy atom. The van der Waals surface area contributed by atoms with Crippen molar-refractivity contribution in [1.82, 2.24) is 4.98 Å². The van der Waals surface area contributed by atoms with Crippen LogP contribution in [-0.2, 0) is 0 Å². The number of aromatic nitrogens is 1. The summed E-state index contributed by atoms with van der Waals surface area (Å²) in [6.45, 7) is 0.693. The standard InChI is InChI=1S/C11H15ClN2/c12-11-4-10(6-14-7-11)9(5-13)3-8-1-2-8/h4,6-9H,1-3,5,13H2. The van der Waals surface area contributed by atoms with Crippen molar-refractivity contribution in [3.8, 4) is 0 Å². The molecule has 1 fully saturated rings. The fourth-order valence-corrected chi connectivity index (χ4v) is 1.96. The molecule has 3 heteroatoms. The Kier molecular flexibility index (Phi) is 3.04. The van der Waals surface area contributed by atoms with E-state index >= 15 is 0 Å². The van der Waals surface area contributed by atoms with E-state index in [1.165, 1.54) is 24.8 Å². The van der Waals surface area contributed by atoms with Gasteiger partial charge in [-0.25, -0.2) is 0 Å². The van der Waals surface area contributed by atoms with E-state index in [4.69, 9.17) is 17.3 Å². The second-order valence-electron chi connectivity index (χ2n) is 4.05. The Morgan fingerprint density at radius 1 is 1.50 bits per heavy atom. The lowest BCUT2D eigenvalue weighted by Gasteiger charge is -2.14. The molecule has 1 aromatic rings. The van der Waals surface area contributed by atoms with Crippen molar-refractivity contribution in [2.75, 3.05) is 6.54 Å². The topological polar surface area (TPSA) is 38.9 Å². The van der Waals surface area contributed by atoms with E-state index < -0.39 is 0 Å². The zero-order valence-electron chi connectivity index (χ0n) is 8.12. The van der Waals surface area contributed by atoms with Gasteiger partial charge in [0.15, 0.2) is 0 Å². The molecule has 14 heavy (non-hydrogen) atoms. The fraction of sp³-hybridized carbons (Fsp3) is 0.545. The molecule has 1 heterocycles. The quantitative estimate of drug-likeness (QED) is 0.830. The minimum absolute atomic E-state index is 0.439. The molecule has 0 bridgehead atoms. The molecule has 0 spiro atoms. The molecule has 2 nitrogen and oxygen atoms in total. The maximum atomic E-state index is 5.89. The van der Waals surface area contributed by atoms with Gasteiger partial charge in [0, 0.05) is 12.4 Å². The number of nitrogens with zero attached hydrogens (tertiary/aromatic N) is 1. The van der Waals surface area contributed by atoms with Gasteiger partial charge in [0.2, 0.25) is 0 Å². The van der Waals surface area contributed by atoms with Crippen molar-refractivity contribution in [3.63, 3.8) is 0 Å². The van der Waals surface area contributed by atoms with Crippen LogP contribution >= 0.6 is 11.6 Å². The minimum atomic E-state index is 0.439. The van der Waals surface area contributed by atoms with Crippen LogP contribution in [0.3, 0.4) is 0 Å². The monoisotopic (exact) mass is 210 g/mol. The molecule has 0 aromatic carbocycles. The lowest BCUT2D eigenvalue weighted by molar-refractivity contribution is 0.583. The first-order chi connectivity index (χ1) is 6.79. The molecule has 0 aliphatic heterocycles. The number of halogens is 1. The number of rotatable bonds is 4. The van der Waals surface area contributed by atoms with Crippen LogP contribution in [0.4, 0.5) is 0 Å². The normalized spacial score (nSPS) is 18.1. The van der Waals surface area contributed by atoms with Crippen LogP contribution in [0, 0.1) is 5.92 Å². The van der Waals surface area contributed by atoms with Crippen molar-refractivity contribution >= 4 is 11.6 Å². The molecule has 0 saturated heterocycles. The Labute approximate surface area is 89.5 Å². The lowest BCUT2D eigenvalue weighted by atomic mass is 9.95. The van der Waals surface area contributed by atoms with Crippen LogP contribution in [-0.4, -0.2) is 11.5 Å². The number of pyridine rings is 1. The van der Waals surface area contributed by atoms with E-state index in [1.54, 1.807) is 6.20 Å². The maximum Gasteiger partial charge on any atom is 0.0592 e. The summed E-state index contributed by atoms with van der Waals surface area (Å²) in [7, 11) is 0. The van der Waals surface area contributed by atoms with Gasteiger partial charge in [0.1, 0.15) is 0 Å². The third kappa shape index (κ3) is 2.46. The highest BCUT2D eigenvalue weighted by atomic mass is 35.5. The molecule has 1 atom stereocenters. The molecule has 1 saturated carbocycles. The molecule has 1 aliphatic carbocycles. The van der Waals surface area contributed by atoms with Gasteiger partial charge in [-0.1, -0.05) is 24.4 Å². The first-order valence-electron chi connectivity index (χ1n) is 5.10. The van der Waals surface area contributed by atoms with E-state index in [9.17, 15) is 0 Å². The fourth-order valence-electron chi connectivity index (χ4n) is 1.78. The molecular weight excluding hydrogens is 196 g/mol. The first-order valence-corrected chi connectivity index (χ1v) is 5.48. The summed E-state index contributed by atoms with van der Waals surface area (Å²) in [4.78, 5) is 4.09. The first kappa shape index (κ1) is 9.94. The molecule has 1 unspecified atom stereocenters. The van der Waals surface area contributed by atoms with Crippen molar-refractivity contribution in [3.05, 3.63) is 29.0 Å². The average Bonchev–Trinajstić information content (AvgIpc) is 2.98. The molecule has 1 aromatic heterocycles. The summed E-state index contributed by atoms with van der Waals surface area (Å²) in [6, 6.07) is 1.98. The predicted octanol–water partition coefficient (Wildman–Crippen LogP) is 2.58. The highest BCUT2D eigenvalue weighted by molar-refractivity contribution is 6.30. The summed E-state index contributed by atoms with van der Waals surface area (Å²) in [5.41, 5.74) is 6.95. The van der Waals surface area contributed by atoms with Crippen LogP contribution in [0.15, 0.2) is 18.5 Å². The van der Waals surface area contributed by atoms with E-state index in [-0.39, 0.29) is 0 Å². The molecule has 2 rings (SSSR count). The van der Waals surface area contributed by atoms with Gasteiger partial charge in [-0.3, -0.25) is 4.98 Å². The number of hydrogen-bond acceptors (Lipinski definition) is 2. The minimum Gasteiger partial charge on any atom is -0.330 e. The van der Waals surface area contributed by atoms with E-state index in [0.29, 0.717) is 17.5 Å². The van der Waals surface area contributed by atoms with Crippen LogP contribution in [0.5, 0.6) is 0 Å². The zero-order chi connectivity index (χ0) is 9.97. The largest absolute Gasteiger partial charge is 0.330 e. The maximum absolute atomic E-state index is 5.89. The molecule has 0 radical (unpaired) electrons. The van der Waals surface area contributed by atoms with Crippen LogP contribution < -0.4 is 5.73 Å². The zero-order valence-corrected chi connectivity index (χ0v) is 8.87. The summed E-state index contributed by atoms with van der Waals surface area (Å²) in [6.07, 6.45) is 7.47. The van der Waals surface area contributed by atoms with Crippen LogP contribution in [0.2, 0.25) is 5.02 Å². The van der Waals surface area contributed by atoms with Crippen LogP contribution in [0.25, 0.3) is 0 Å². The Morgan fingerprint density at radius 2 is 2.29 bits per heavy atom. The summed E-state index contributed by atoms with van der Waals surface area (Å²) < 4.78 is 0. The van der Waals surface area contributed by atoms with Crippen molar-refractivity contribution in [2.24, 2.45) is 11.7 Å². The third-order valence-electron chi connectivity index (χ3n) is 2.80. The van der Waals surface area contributed by atoms with Gasteiger partial charge >= 0.3 is 0 Å².